The van der Waals surface area contributed by atoms with Crippen molar-refractivity contribution in [2.45, 2.75) is 19.8 Å². The van der Waals surface area contributed by atoms with Crippen molar-refractivity contribution in [3.63, 3.8) is 0 Å². The van der Waals surface area contributed by atoms with Crippen LogP contribution >= 0.6 is 22.9 Å². The van der Waals surface area contributed by atoms with Crippen molar-refractivity contribution < 1.29 is 9.90 Å². The van der Waals surface area contributed by atoms with Crippen LogP contribution in [0.25, 0.3) is 0 Å². The lowest BCUT2D eigenvalue weighted by Gasteiger charge is -2.13. The van der Waals surface area contributed by atoms with E-state index in [1.165, 1.54) is 0 Å². The summed E-state index contributed by atoms with van der Waals surface area (Å²) in [5.74, 6) is 0.0260. The molecule has 0 saturated heterocycles. The third-order valence-electron chi connectivity index (χ3n) is 2.26. The molecule has 0 bridgehead atoms. The number of hydrogen-bond acceptors (Lipinski definition) is 5. The van der Waals surface area contributed by atoms with Gasteiger partial charge >= 0.3 is 0 Å². The first kappa shape index (κ1) is 13.3. The fourth-order valence-corrected chi connectivity index (χ4v) is 1.99. The molecule has 1 rings (SSSR count). The molecule has 1 heterocycles. The highest BCUT2D eigenvalue weighted by Gasteiger charge is 2.13. The van der Waals surface area contributed by atoms with Crippen LogP contribution < -0.4 is 5.32 Å². The summed E-state index contributed by atoms with van der Waals surface area (Å²) in [6.45, 7) is 2.69. The maximum absolute atomic E-state index is 11.6. The molecule has 0 aliphatic heterocycles. The predicted molar refractivity (Wildman–Crippen MR) is 62.7 cm³/mol. The van der Waals surface area contributed by atoms with Crippen molar-refractivity contribution >= 4 is 28.8 Å². The molecule has 0 radical (unpaired) electrons. The Balaban J connectivity index is 2.40. The Morgan fingerprint density at radius 1 is 1.62 bits per heavy atom. The van der Waals surface area contributed by atoms with Crippen molar-refractivity contribution in [3.05, 3.63) is 9.47 Å². The second-order valence-corrected chi connectivity index (χ2v) is 4.92. The van der Waals surface area contributed by atoms with E-state index in [1.807, 2.05) is 6.92 Å². The minimum absolute atomic E-state index is 0.138. The third-order valence-corrected chi connectivity index (χ3v) is 3.28. The van der Waals surface area contributed by atoms with Gasteiger partial charge in [0, 0.05) is 13.2 Å². The van der Waals surface area contributed by atoms with Gasteiger partial charge in [-0.25, -0.2) is 0 Å². The smallest absolute Gasteiger partial charge is 0.282 e. The van der Waals surface area contributed by atoms with Crippen LogP contribution in [0.1, 0.15) is 29.6 Å². The zero-order chi connectivity index (χ0) is 12.0. The van der Waals surface area contributed by atoms with E-state index in [4.69, 9.17) is 16.7 Å². The molecular weight excluding hydrogens is 250 g/mol. The van der Waals surface area contributed by atoms with Gasteiger partial charge in [-0.3, -0.25) is 4.79 Å². The average Bonchev–Trinajstić information content (AvgIpc) is 2.70. The van der Waals surface area contributed by atoms with Gasteiger partial charge in [0.2, 0.25) is 9.47 Å². The molecule has 0 saturated carbocycles. The number of nitrogens with zero attached hydrogens (tertiary/aromatic N) is 2. The Kier molecular flexibility index (Phi) is 5.65. The van der Waals surface area contributed by atoms with Gasteiger partial charge in [-0.15, -0.1) is 10.2 Å². The van der Waals surface area contributed by atoms with Gasteiger partial charge in [-0.2, -0.15) is 0 Å². The van der Waals surface area contributed by atoms with Crippen molar-refractivity contribution in [1.29, 1.82) is 0 Å². The molecule has 1 unspecified atom stereocenters. The van der Waals surface area contributed by atoms with E-state index in [1.54, 1.807) is 0 Å². The minimum atomic E-state index is -0.263. The summed E-state index contributed by atoms with van der Waals surface area (Å²) < 4.78 is 0.257. The van der Waals surface area contributed by atoms with E-state index in [-0.39, 0.29) is 27.9 Å². The molecule has 5 nitrogen and oxygen atoms in total. The lowest BCUT2D eigenvalue weighted by molar-refractivity contribution is 0.0942. The zero-order valence-corrected chi connectivity index (χ0v) is 10.5. The van der Waals surface area contributed by atoms with E-state index < -0.39 is 0 Å². The summed E-state index contributed by atoms with van der Waals surface area (Å²) >= 11 is 6.63. The van der Waals surface area contributed by atoms with Crippen molar-refractivity contribution in [1.82, 2.24) is 15.5 Å². The molecule has 0 fully saturated rings. The third kappa shape index (κ3) is 4.03. The van der Waals surface area contributed by atoms with Crippen LogP contribution in [0.5, 0.6) is 0 Å². The fraction of sp³-hybridized carbons (Fsp3) is 0.667. The first-order chi connectivity index (χ1) is 7.67. The van der Waals surface area contributed by atoms with Gasteiger partial charge in [0.1, 0.15) is 0 Å². The number of aliphatic hydroxyl groups excluding tert-OH is 1. The number of nitrogens with one attached hydrogen (secondary N) is 1. The molecule has 1 atom stereocenters. The molecule has 0 aliphatic carbocycles. The Morgan fingerprint density at radius 2 is 2.38 bits per heavy atom. The van der Waals surface area contributed by atoms with Gasteiger partial charge in [0.25, 0.3) is 5.91 Å². The summed E-state index contributed by atoms with van der Waals surface area (Å²) in [6, 6.07) is 0. The molecule has 0 aliphatic rings. The standard InChI is InChI=1S/C9H14ClN3O2S/c1-2-6(3-4-14)5-11-7(15)8-12-13-9(10)16-8/h6,14H,2-5H2,1H3,(H,11,15). The number of halogens is 1. The van der Waals surface area contributed by atoms with E-state index in [9.17, 15) is 4.79 Å². The Hall–Kier alpha value is -0.720. The van der Waals surface area contributed by atoms with Crippen molar-refractivity contribution in [2.75, 3.05) is 13.2 Å². The van der Waals surface area contributed by atoms with Crippen LogP contribution in [0.15, 0.2) is 0 Å². The van der Waals surface area contributed by atoms with Crippen molar-refractivity contribution in [2.24, 2.45) is 5.92 Å². The van der Waals surface area contributed by atoms with Crippen molar-refractivity contribution in [3.8, 4) is 0 Å². The topological polar surface area (TPSA) is 75.1 Å². The molecule has 2 N–H and O–H groups in total. The summed E-state index contributed by atoms with van der Waals surface area (Å²) in [4.78, 5) is 11.6. The molecular formula is C9H14ClN3O2S. The lowest BCUT2D eigenvalue weighted by Crippen LogP contribution is -2.29. The Labute approximate surface area is 103 Å². The molecule has 0 spiro atoms. The van der Waals surface area contributed by atoms with Gasteiger partial charge < -0.3 is 10.4 Å². The van der Waals surface area contributed by atoms with E-state index in [0.717, 1.165) is 17.8 Å². The van der Waals surface area contributed by atoms with Gasteiger partial charge in [0.05, 0.1) is 0 Å². The van der Waals surface area contributed by atoms with Gasteiger partial charge in [-0.05, 0) is 23.9 Å². The normalized spacial score (nSPS) is 12.4. The molecule has 1 aromatic rings. The number of rotatable bonds is 6. The molecule has 1 amide bonds. The number of hydrogen-bond donors (Lipinski definition) is 2. The number of carbonyl (C=O) groups excluding carboxylic acids is 1. The van der Waals surface area contributed by atoms with Crippen LogP contribution in [-0.2, 0) is 0 Å². The number of aliphatic hydroxyl groups is 1. The average molecular weight is 264 g/mol. The van der Waals surface area contributed by atoms with Crippen LogP contribution in [0, 0.1) is 5.92 Å². The number of carbonyl (C=O) groups is 1. The first-order valence-electron chi connectivity index (χ1n) is 5.05. The maximum Gasteiger partial charge on any atom is 0.282 e. The molecule has 7 heteroatoms. The maximum atomic E-state index is 11.6. The van der Waals surface area contributed by atoms with Crippen LogP contribution in [0.2, 0.25) is 4.47 Å². The molecule has 0 aromatic carbocycles. The van der Waals surface area contributed by atoms with Crippen LogP contribution in [0.3, 0.4) is 0 Å². The van der Waals surface area contributed by atoms with E-state index in [0.29, 0.717) is 13.0 Å². The van der Waals surface area contributed by atoms with Crippen LogP contribution in [0.4, 0.5) is 0 Å². The summed E-state index contributed by atoms with van der Waals surface area (Å²) in [7, 11) is 0. The monoisotopic (exact) mass is 263 g/mol. The second kappa shape index (κ2) is 6.78. The number of amides is 1. The highest BCUT2D eigenvalue weighted by Crippen LogP contribution is 2.14. The van der Waals surface area contributed by atoms with E-state index in [2.05, 4.69) is 15.5 Å². The summed E-state index contributed by atoms with van der Waals surface area (Å²) in [5, 5.41) is 19.0. The molecule has 90 valence electrons. The Morgan fingerprint density at radius 3 is 2.88 bits per heavy atom. The Bertz CT molecular complexity index is 345. The lowest BCUT2D eigenvalue weighted by atomic mass is 10.0. The summed E-state index contributed by atoms with van der Waals surface area (Å²) in [6.07, 6.45) is 1.60. The molecule has 16 heavy (non-hydrogen) atoms. The predicted octanol–water partition coefficient (Wildman–Crippen LogP) is 1.33. The first-order valence-corrected chi connectivity index (χ1v) is 6.24. The van der Waals surface area contributed by atoms with Gasteiger partial charge in [0.15, 0.2) is 0 Å². The summed E-state index contributed by atoms with van der Waals surface area (Å²) in [5.41, 5.74) is 0. The minimum Gasteiger partial charge on any atom is -0.396 e. The number of aromatic nitrogens is 2. The largest absolute Gasteiger partial charge is 0.396 e. The second-order valence-electron chi connectivity index (χ2n) is 3.36. The zero-order valence-electron chi connectivity index (χ0n) is 8.94. The fourth-order valence-electron chi connectivity index (χ4n) is 1.24. The van der Waals surface area contributed by atoms with E-state index >= 15 is 0 Å². The SMILES string of the molecule is CCC(CCO)CNC(=O)c1nnc(Cl)s1. The van der Waals surface area contributed by atoms with Gasteiger partial charge in [-0.1, -0.05) is 24.7 Å². The quantitative estimate of drug-likeness (QED) is 0.812. The van der Waals surface area contributed by atoms with Crippen LogP contribution in [-0.4, -0.2) is 34.4 Å². The highest BCUT2D eigenvalue weighted by molar-refractivity contribution is 7.17. The highest BCUT2D eigenvalue weighted by atomic mass is 35.5. The molecule has 1 aromatic heterocycles.